The van der Waals surface area contributed by atoms with E-state index < -0.39 is 17.9 Å². The van der Waals surface area contributed by atoms with E-state index in [2.05, 4.69) is 0 Å². The summed E-state index contributed by atoms with van der Waals surface area (Å²) in [5.74, 6) is -0.720. The molecule has 0 aliphatic carbocycles. The van der Waals surface area contributed by atoms with Crippen LogP contribution in [0.1, 0.15) is 32.6 Å². The van der Waals surface area contributed by atoms with Crippen molar-refractivity contribution in [1.29, 1.82) is 0 Å². The molecular formula is C14H20N2O4S. The molecule has 3 aliphatic heterocycles. The SMILES string of the molecule is CC12CCC(=O)N1C(C(=O)N1CCCC(C(=O)O)C1)CS2. The Labute approximate surface area is 127 Å². The maximum Gasteiger partial charge on any atom is 0.308 e. The maximum absolute atomic E-state index is 12.7. The number of amides is 2. The van der Waals surface area contributed by atoms with Gasteiger partial charge in [-0.25, -0.2) is 0 Å². The number of hydrogen-bond acceptors (Lipinski definition) is 4. The van der Waals surface area contributed by atoms with Gasteiger partial charge in [-0.3, -0.25) is 14.4 Å². The summed E-state index contributed by atoms with van der Waals surface area (Å²) >= 11 is 1.67. The van der Waals surface area contributed by atoms with Crippen LogP contribution in [0.25, 0.3) is 0 Å². The lowest BCUT2D eigenvalue weighted by Gasteiger charge is -2.36. The molecule has 2 amide bonds. The number of carboxylic acids is 1. The number of piperidine rings is 1. The number of nitrogens with zero attached hydrogens (tertiary/aromatic N) is 2. The number of hydrogen-bond donors (Lipinski definition) is 1. The summed E-state index contributed by atoms with van der Waals surface area (Å²) in [6, 6.07) is -0.414. The van der Waals surface area contributed by atoms with Crippen LogP contribution in [0.15, 0.2) is 0 Å². The highest BCUT2D eigenvalue weighted by atomic mass is 32.2. The van der Waals surface area contributed by atoms with Crippen LogP contribution in [-0.2, 0) is 14.4 Å². The molecule has 1 N–H and O–H groups in total. The summed E-state index contributed by atoms with van der Waals surface area (Å²) in [7, 11) is 0. The summed E-state index contributed by atoms with van der Waals surface area (Å²) in [5, 5.41) is 9.13. The van der Waals surface area contributed by atoms with Gasteiger partial charge in [0.1, 0.15) is 6.04 Å². The molecule has 6 nitrogen and oxygen atoms in total. The quantitative estimate of drug-likeness (QED) is 0.814. The molecule has 3 atom stereocenters. The van der Waals surface area contributed by atoms with E-state index in [1.807, 2.05) is 6.92 Å². The van der Waals surface area contributed by atoms with E-state index in [0.29, 0.717) is 31.6 Å². The van der Waals surface area contributed by atoms with Crippen LogP contribution < -0.4 is 0 Å². The number of fused-ring (bicyclic) bond motifs is 1. The Kier molecular flexibility index (Phi) is 3.63. The van der Waals surface area contributed by atoms with Crippen molar-refractivity contribution in [3.05, 3.63) is 0 Å². The number of carboxylic acid groups (broad SMARTS) is 1. The molecule has 0 saturated carbocycles. The summed E-state index contributed by atoms with van der Waals surface area (Å²) < 4.78 is 0. The van der Waals surface area contributed by atoms with Crippen molar-refractivity contribution < 1.29 is 19.5 Å². The minimum atomic E-state index is -0.838. The number of aliphatic carboxylic acids is 1. The molecule has 3 fully saturated rings. The summed E-state index contributed by atoms with van der Waals surface area (Å²) in [5.41, 5.74) is 0. The molecule has 3 unspecified atom stereocenters. The van der Waals surface area contributed by atoms with Crippen LogP contribution in [-0.4, -0.2) is 62.4 Å². The fraction of sp³-hybridized carbons (Fsp3) is 0.786. The first-order valence-corrected chi connectivity index (χ1v) is 8.39. The molecule has 3 heterocycles. The van der Waals surface area contributed by atoms with Crippen LogP contribution in [0.2, 0.25) is 0 Å². The standard InChI is InChI=1S/C14H20N2O4S/c1-14-5-4-11(17)16(14)10(8-21-14)12(18)15-6-2-3-9(7-15)13(19)20/h9-10H,2-8H2,1H3,(H,19,20). The van der Waals surface area contributed by atoms with Crippen LogP contribution >= 0.6 is 11.8 Å². The first-order chi connectivity index (χ1) is 9.92. The maximum atomic E-state index is 12.7. The molecule has 0 aromatic heterocycles. The van der Waals surface area contributed by atoms with E-state index in [9.17, 15) is 14.4 Å². The minimum Gasteiger partial charge on any atom is -0.481 e. The Morgan fingerprint density at radius 1 is 1.43 bits per heavy atom. The van der Waals surface area contributed by atoms with Crippen molar-refractivity contribution in [2.24, 2.45) is 5.92 Å². The molecule has 116 valence electrons. The molecule has 21 heavy (non-hydrogen) atoms. The first-order valence-electron chi connectivity index (χ1n) is 7.40. The molecular weight excluding hydrogens is 292 g/mol. The predicted molar refractivity (Wildman–Crippen MR) is 77.7 cm³/mol. The molecule has 0 bridgehead atoms. The molecule has 3 rings (SSSR count). The zero-order valence-corrected chi connectivity index (χ0v) is 12.9. The van der Waals surface area contributed by atoms with Crippen LogP contribution in [0.3, 0.4) is 0 Å². The van der Waals surface area contributed by atoms with E-state index in [-0.39, 0.29) is 23.2 Å². The zero-order valence-electron chi connectivity index (χ0n) is 12.1. The summed E-state index contributed by atoms with van der Waals surface area (Å²) in [6.45, 7) is 2.89. The summed E-state index contributed by atoms with van der Waals surface area (Å²) in [6.07, 6.45) is 2.63. The highest BCUT2D eigenvalue weighted by molar-refractivity contribution is 8.01. The fourth-order valence-corrected chi connectivity index (χ4v) is 5.02. The highest BCUT2D eigenvalue weighted by Crippen LogP contribution is 2.47. The van der Waals surface area contributed by atoms with Crippen LogP contribution in [0.5, 0.6) is 0 Å². The number of thioether (sulfide) groups is 1. The lowest BCUT2D eigenvalue weighted by atomic mass is 9.97. The molecule has 0 spiro atoms. The molecule has 0 aromatic carbocycles. The second-order valence-corrected chi connectivity index (χ2v) is 7.73. The fourth-order valence-electron chi connectivity index (χ4n) is 3.59. The third kappa shape index (κ3) is 2.41. The van der Waals surface area contributed by atoms with Crippen molar-refractivity contribution in [3.63, 3.8) is 0 Å². The molecule has 0 aromatic rings. The minimum absolute atomic E-state index is 0.0487. The molecule has 7 heteroatoms. The predicted octanol–water partition coefficient (Wildman–Crippen LogP) is 0.764. The number of rotatable bonds is 2. The topological polar surface area (TPSA) is 77.9 Å². The van der Waals surface area contributed by atoms with Crippen molar-refractivity contribution in [3.8, 4) is 0 Å². The Bertz CT molecular complexity index is 497. The average Bonchev–Trinajstić information content (AvgIpc) is 2.95. The van der Waals surface area contributed by atoms with Gasteiger partial charge in [0.2, 0.25) is 11.8 Å². The van der Waals surface area contributed by atoms with E-state index in [4.69, 9.17) is 5.11 Å². The second-order valence-electron chi connectivity index (χ2n) is 6.23. The smallest absolute Gasteiger partial charge is 0.308 e. The second kappa shape index (κ2) is 5.19. The molecule has 3 saturated heterocycles. The van der Waals surface area contributed by atoms with Gasteiger partial charge in [0.25, 0.3) is 0 Å². The largest absolute Gasteiger partial charge is 0.481 e. The zero-order chi connectivity index (χ0) is 15.2. The van der Waals surface area contributed by atoms with E-state index in [1.54, 1.807) is 21.6 Å². The average molecular weight is 312 g/mol. The van der Waals surface area contributed by atoms with Crippen molar-refractivity contribution in [1.82, 2.24) is 9.80 Å². The summed E-state index contributed by atoms with van der Waals surface area (Å²) in [4.78, 5) is 39.1. The lowest BCUT2D eigenvalue weighted by Crippen LogP contribution is -2.53. The Hall–Kier alpha value is -1.24. The van der Waals surface area contributed by atoms with Crippen LogP contribution in [0.4, 0.5) is 0 Å². The van der Waals surface area contributed by atoms with E-state index in [1.165, 1.54) is 0 Å². The third-order valence-electron chi connectivity index (χ3n) is 4.81. The number of carbonyl (C=O) groups is 3. The first kappa shape index (κ1) is 14.7. The van der Waals surface area contributed by atoms with Crippen molar-refractivity contribution in [2.45, 2.75) is 43.5 Å². The van der Waals surface area contributed by atoms with Crippen molar-refractivity contribution >= 4 is 29.5 Å². The van der Waals surface area contributed by atoms with Crippen molar-refractivity contribution in [2.75, 3.05) is 18.8 Å². The Morgan fingerprint density at radius 2 is 2.19 bits per heavy atom. The van der Waals surface area contributed by atoms with Gasteiger partial charge in [-0.05, 0) is 26.2 Å². The van der Waals surface area contributed by atoms with E-state index >= 15 is 0 Å². The van der Waals surface area contributed by atoms with Gasteiger partial charge in [-0.1, -0.05) is 0 Å². The monoisotopic (exact) mass is 312 g/mol. The normalized spacial score (nSPS) is 36.0. The highest BCUT2D eigenvalue weighted by Gasteiger charge is 2.53. The van der Waals surface area contributed by atoms with Gasteiger partial charge in [0.15, 0.2) is 0 Å². The van der Waals surface area contributed by atoms with Crippen LogP contribution in [0, 0.1) is 5.92 Å². The number of likely N-dealkylation sites (tertiary alicyclic amines) is 1. The van der Waals surface area contributed by atoms with Gasteiger partial charge in [0, 0.05) is 25.3 Å². The van der Waals surface area contributed by atoms with E-state index in [0.717, 1.165) is 6.42 Å². The lowest BCUT2D eigenvalue weighted by molar-refractivity contribution is -0.149. The Morgan fingerprint density at radius 3 is 2.90 bits per heavy atom. The van der Waals surface area contributed by atoms with Gasteiger partial charge < -0.3 is 14.9 Å². The number of carbonyl (C=O) groups excluding carboxylic acids is 2. The molecule has 3 aliphatic rings. The van der Waals surface area contributed by atoms with Gasteiger partial charge in [-0.2, -0.15) is 0 Å². The van der Waals surface area contributed by atoms with Gasteiger partial charge >= 0.3 is 5.97 Å². The Balaban J connectivity index is 1.73. The third-order valence-corrected chi connectivity index (χ3v) is 6.32. The van der Waals surface area contributed by atoms with Gasteiger partial charge in [0.05, 0.1) is 10.8 Å². The van der Waals surface area contributed by atoms with Gasteiger partial charge in [-0.15, -0.1) is 11.8 Å². The molecule has 0 radical (unpaired) electrons.